The fourth-order valence-corrected chi connectivity index (χ4v) is 3.38. The molecule has 0 saturated heterocycles. The van der Waals surface area contributed by atoms with Gasteiger partial charge in [0.2, 0.25) is 5.91 Å². The molecule has 1 heterocycles. The summed E-state index contributed by atoms with van der Waals surface area (Å²) in [6.07, 6.45) is -5.90. The topological polar surface area (TPSA) is 67.9 Å². The Balaban J connectivity index is 2.06. The average molecular weight is 443 g/mol. The Hall–Kier alpha value is -2.94. The molecule has 1 N–H and O–H groups in total. The minimum atomic E-state index is -5.06. The highest BCUT2D eigenvalue weighted by atomic mass is 35.5. The normalized spacial score (nSPS) is 18.2. The third kappa shape index (κ3) is 4.46. The highest BCUT2D eigenvalue weighted by Crippen LogP contribution is 2.43. The number of alkyl halides is 4. The summed E-state index contributed by atoms with van der Waals surface area (Å²) in [5.74, 6) is -2.32. The van der Waals surface area contributed by atoms with Crippen LogP contribution in [0.5, 0.6) is 11.5 Å². The second-order valence-corrected chi connectivity index (χ2v) is 6.72. The van der Waals surface area contributed by atoms with Gasteiger partial charge in [0.15, 0.2) is 0 Å². The van der Waals surface area contributed by atoms with E-state index in [1.54, 1.807) is 42.5 Å². The minimum Gasteiger partial charge on any atom is -0.497 e. The molecule has 0 radical (unpaired) electrons. The molecule has 0 aliphatic carbocycles. The summed E-state index contributed by atoms with van der Waals surface area (Å²) in [5, 5.41) is 1.85. The average Bonchev–Trinajstić information content (AvgIpc) is 2.75. The van der Waals surface area contributed by atoms with E-state index in [2.05, 4.69) is 0 Å². The van der Waals surface area contributed by atoms with Crippen molar-refractivity contribution >= 4 is 29.1 Å². The molecule has 3 rings (SSSR count). The number of hydrogen-bond acceptors (Lipinski definition) is 4. The molecule has 1 aliphatic heterocycles. The first kappa shape index (κ1) is 21.8. The Labute approximate surface area is 175 Å². The summed E-state index contributed by atoms with van der Waals surface area (Å²) in [4.78, 5) is 25.4. The molecule has 2 aromatic rings. The SMILES string of the molecule is COc1ccc2c(c1)N(C(=O)CCl)C(CNC(=O)C(F)(F)F)C(c1ccccc1)O2. The van der Waals surface area contributed by atoms with Crippen LogP contribution in [0.25, 0.3) is 0 Å². The van der Waals surface area contributed by atoms with Crippen molar-refractivity contribution in [3.63, 3.8) is 0 Å². The van der Waals surface area contributed by atoms with Crippen LogP contribution in [0.4, 0.5) is 18.9 Å². The van der Waals surface area contributed by atoms with Gasteiger partial charge in [-0.1, -0.05) is 30.3 Å². The molecule has 0 aromatic heterocycles. The maximum Gasteiger partial charge on any atom is 0.471 e. The van der Waals surface area contributed by atoms with Gasteiger partial charge in [-0.15, -0.1) is 11.6 Å². The van der Waals surface area contributed by atoms with Gasteiger partial charge in [0, 0.05) is 12.6 Å². The van der Waals surface area contributed by atoms with Crippen molar-refractivity contribution in [3.05, 3.63) is 54.1 Å². The molecular formula is C20H18ClF3N2O4. The van der Waals surface area contributed by atoms with E-state index in [0.29, 0.717) is 22.7 Å². The quantitative estimate of drug-likeness (QED) is 0.720. The van der Waals surface area contributed by atoms with E-state index < -0.39 is 42.6 Å². The van der Waals surface area contributed by atoms with Crippen molar-refractivity contribution < 1.29 is 32.2 Å². The summed E-state index contributed by atoms with van der Waals surface area (Å²) in [6, 6.07) is 12.5. The number of anilines is 1. The van der Waals surface area contributed by atoms with Crippen LogP contribution < -0.4 is 19.7 Å². The second kappa shape index (κ2) is 8.83. The lowest BCUT2D eigenvalue weighted by molar-refractivity contribution is -0.173. The van der Waals surface area contributed by atoms with Gasteiger partial charge in [-0.05, 0) is 17.7 Å². The zero-order valence-electron chi connectivity index (χ0n) is 15.8. The van der Waals surface area contributed by atoms with Crippen LogP contribution in [0, 0.1) is 0 Å². The molecule has 0 fully saturated rings. The van der Waals surface area contributed by atoms with Gasteiger partial charge >= 0.3 is 12.1 Å². The third-order valence-corrected chi connectivity index (χ3v) is 4.83. The van der Waals surface area contributed by atoms with Crippen molar-refractivity contribution in [2.45, 2.75) is 18.3 Å². The first-order valence-electron chi connectivity index (χ1n) is 8.89. The molecule has 160 valence electrons. The summed E-state index contributed by atoms with van der Waals surface area (Å²) in [5.41, 5.74) is 0.913. The Morgan fingerprint density at radius 3 is 2.50 bits per heavy atom. The van der Waals surface area contributed by atoms with Crippen LogP contribution in [-0.4, -0.2) is 43.6 Å². The van der Waals surface area contributed by atoms with Gasteiger partial charge in [0.25, 0.3) is 0 Å². The van der Waals surface area contributed by atoms with Crippen LogP contribution in [0.1, 0.15) is 11.7 Å². The summed E-state index contributed by atoms with van der Waals surface area (Å²) >= 11 is 5.79. The van der Waals surface area contributed by atoms with E-state index in [-0.39, 0.29) is 0 Å². The predicted octanol–water partition coefficient (Wildman–Crippen LogP) is 3.45. The molecule has 2 aromatic carbocycles. The molecule has 2 unspecified atom stereocenters. The maximum atomic E-state index is 12.7. The van der Waals surface area contributed by atoms with Gasteiger partial charge in [0.05, 0.1) is 18.8 Å². The van der Waals surface area contributed by atoms with Crippen molar-refractivity contribution in [3.8, 4) is 11.5 Å². The van der Waals surface area contributed by atoms with E-state index in [4.69, 9.17) is 21.1 Å². The highest BCUT2D eigenvalue weighted by Gasteiger charge is 2.43. The Morgan fingerprint density at radius 2 is 1.90 bits per heavy atom. The molecule has 0 spiro atoms. The Morgan fingerprint density at radius 1 is 1.20 bits per heavy atom. The van der Waals surface area contributed by atoms with E-state index in [0.717, 1.165) is 0 Å². The second-order valence-electron chi connectivity index (χ2n) is 6.46. The largest absolute Gasteiger partial charge is 0.497 e. The summed E-state index contributed by atoms with van der Waals surface area (Å²) in [7, 11) is 1.44. The van der Waals surface area contributed by atoms with Crippen LogP contribution >= 0.6 is 11.6 Å². The zero-order valence-corrected chi connectivity index (χ0v) is 16.5. The number of amides is 2. The molecule has 0 saturated carbocycles. The lowest BCUT2D eigenvalue weighted by Crippen LogP contribution is -2.55. The van der Waals surface area contributed by atoms with Gasteiger partial charge in [0.1, 0.15) is 23.5 Å². The minimum absolute atomic E-state index is 0.290. The highest BCUT2D eigenvalue weighted by molar-refractivity contribution is 6.29. The molecule has 1 aliphatic rings. The van der Waals surface area contributed by atoms with Crippen LogP contribution in [0.2, 0.25) is 0 Å². The van der Waals surface area contributed by atoms with E-state index in [1.807, 2.05) is 5.32 Å². The van der Waals surface area contributed by atoms with Crippen molar-refractivity contribution in [2.75, 3.05) is 24.4 Å². The van der Waals surface area contributed by atoms with Crippen molar-refractivity contribution in [1.82, 2.24) is 5.32 Å². The standard InChI is InChI=1S/C20H18ClF3N2O4/c1-29-13-7-8-16-14(9-13)26(17(27)10-21)15(11-25-19(28)20(22,23)24)18(30-16)12-5-3-2-4-6-12/h2-9,15,18H,10-11H2,1H3,(H,25,28). The predicted molar refractivity (Wildman–Crippen MR) is 104 cm³/mol. The number of halogens is 4. The fourth-order valence-electron chi connectivity index (χ4n) is 3.25. The fraction of sp³-hybridized carbons (Fsp3) is 0.300. The molecule has 2 amide bonds. The number of nitrogens with one attached hydrogen (secondary N) is 1. The molecular weight excluding hydrogens is 425 g/mol. The molecule has 10 heteroatoms. The van der Waals surface area contributed by atoms with Crippen LogP contribution in [0.15, 0.2) is 48.5 Å². The van der Waals surface area contributed by atoms with Gasteiger partial charge < -0.3 is 14.8 Å². The van der Waals surface area contributed by atoms with Gasteiger partial charge in [-0.2, -0.15) is 13.2 Å². The number of rotatable bonds is 5. The Kier molecular flexibility index (Phi) is 6.40. The van der Waals surface area contributed by atoms with Crippen LogP contribution in [0.3, 0.4) is 0 Å². The third-order valence-electron chi connectivity index (χ3n) is 4.60. The lowest BCUT2D eigenvalue weighted by Gasteiger charge is -2.42. The molecule has 6 nitrogen and oxygen atoms in total. The first-order valence-corrected chi connectivity index (χ1v) is 9.42. The first-order chi connectivity index (χ1) is 14.3. The zero-order chi connectivity index (χ0) is 21.9. The smallest absolute Gasteiger partial charge is 0.471 e. The van der Waals surface area contributed by atoms with Crippen LogP contribution in [-0.2, 0) is 9.59 Å². The summed E-state index contributed by atoms with van der Waals surface area (Å²) < 4.78 is 49.4. The van der Waals surface area contributed by atoms with E-state index in [1.165, 1.54) is 18.1 Å². The number of benzene rings is 2. The molecule has 2 atom stereocenters. The van der Waals surface area contributed by atoms with Crippen molar-refractivity contribution in [1.29, 1.82) is 0 Å². The maximum absolute atomic E-state index is 12.7. The van der Waals surface area contributed by atoms with Crippen molar-refractivity contribution in [2.24, 2.45) is 0 Å². The van der Waals surface area contributed by atoms with Gasteiger partial charge in [-0.25, -0.2) is 0 Å². The number of carbonyl (C=O) groups excluding carboxylic acids is 2. The van der Waals surface area contributed by atoms with E-state index in [9.17, 15) is 22.8 Å². The number of nitrogens with zero attached hydrogens (tertiary/aromatic N) is 1. The molecule has 30 heavy (non-hydrogen) atoms. The van der Waals surface area contributed by atoms with E-state index >= 15 is 0 Å². The monoisotopic (exact) mass is 442 g/mol. The Bertz CT molecular complexity index is 924. The lowest BCUT2D eigenvalue weighted by atomic mass is 9.97. The number of carbonyl (C=O) groups is 2. The number of hydrogen-bond donors (Lipinski definition) is 1. The molecule has 0 bridgehead atoms. The number of ether oxygens (including phenoxy) is 2. The summed E-state index contributed by atoms with van der Waals surface area (Å²) in [6.45, 7) is -0.503. The number of methoxy groups -OCH3 is 1. The van der Waals surface area contributed by atoms with Gasteiger partial charge in [-0.3, -0.25) is 14.5 Å². The number of fused-ring (bicyclic) bond motifs is 1.